The average molecular weight is 305 g/mol. The molecule has 1 atom stereocenters. The molecule has 0 aromatic heterocycles. The number of hydrogen-bond acceptors (Lipinski definition) is 5. The first kappa shape index (κ1) is 16.2. The number of hydrogen-bond donors (Lipinski definition) is 1. The van der Waals surface area contributed by atoms with Gasteiger partial charge in [0.05, 0.1) is 30.9 Å². The van der Waals surface area contributed by atoms with E-state index in [1.54, 1.807) is 24.3 Å². The van der Waals surface area contributed by atoms with Crippen LogP contribution in [0.1, 0.15) is 46.4 Å². The Morgan fingerprint density at radius 2 is 1.77 bits per heavy atom. The van der Waals surface area contributed by atoms with Crippen molar-refractivity contribution in [3.8, 4) is 0 Å². The maximum Gasteiger partial charge on any atom is 0.305 e. The first-order valence-corrected chi connectivity index (χ1v) is 7.24. The topological polar surface area (TPSA) is 83.9 Å². The molecule has 1 unspecified atom stereocenters. The lowest BCUT2D eigenvalue weighted by Crippen LogP contribution is -2.36. The number of aliphatic hydroxyl groups is 1. The number of unbranched alkanes of at least 4 members (excludes halogenated alkanes) is 1. The summed E-state index contributed by atoms with van der Waals surface area (Å²) in [6, 6.07) is 6.63. The molecule has 0 spiro atoms. The van der Waals surface area contributed by atoms with E-state index in [1.807, 2.05) is 0 Å². The van der Waals surface area contributed by atoms with Crippen LogP contribution in [-0.2, 0) is 9.53 Å². The average Bonchev–Trinajstić information content (AvgIpc) is 2.77. The van der Waals surface area contributed by atoms with Gasteiger partial charge in [0.1, 0.15) is 0 Å². The number of amides is 2. The van der Waals surface area contributed by atoms with E-state index in [0.717, 1.165) is 4.90 Å². The lowest BCUT2D eigenvalue weighted by molar-refractivity contribution is -0.140. The quantitative estimate of drug-likeness (QED) is 0.467. The molecule has 118 valence electrons. The fourth-order valence-corrected chi connectivity index (χ4v) is 2.46. The Morgan fingerprint density at radius 1 is 1.18 bits per heavy atom. The number of fused-ring (bicyclic) bond motifs is 1. The minimum absolute atomic E-state index is 0.0232. The number of imide groups is 1. The number of methoxy groups -OCH3 is 1. The summed E-state index contributed by atoms with van der Waals surface area (Å²) in [5, 5.41) is 9.98. The number of benzene rings is 1. The number of esters is 1. The first-order chi connectivity index (χ1) is 10.5. The number of carbonyl (C=O) groups is 3. The predicted octanol–water partition coefficient (Wildman–Crippen LogP) is 1.38. The van der Waals surface area contributed by atoms with E-state index < -0.39 is 6.10 Å². The van der Waals surface area contributed by atoms with Crippen molar-refractivity contribution in [2.24, 2.45) is 0 Å². The van der Waals surface area contributed by atoms with Gasteiger partial charge in [-0.3, -0.25) is 19.3 Å². The molecule has 1 aliphatic heterocycles. The van der Waals surface area contributed by atoms with Crippen LogP contribution in [0.3, 0.4) is 0 Å². The van der Waals surface area contributed by atoms with Crippen LogP contribution >= 0.6 is 0 Å². The van der Waals surface area contributed by atoms with Gasteiger partial charge >= 0.3 is 5.97 Å². The van der Waals surface area contributed by atoms with Crippen molar-refractivity contribution in [2.75, 3.05) is 13.7 Å². The molecule has 1 aromatic rings. The highest BCUT2D eigenvalue weighted by Gasteiger charge is 2.35. The second kappa shape index (κ2) is 7.17. The highest BCUT2D eigenvalue weighted by atomic mass is 16.5. The molecule has 0 radical (unpaired) electrons. The van der Waals surface area contributed by atoms with Crippen LogP contribution in [0.5, 0.6) is 0 Å². The molecule has 1 aromatic carbocycles. The van der Waals surface area contributed by atoms with Crippen LogP contribution in [0.25, 0.3) is 0 Å². The van der Waals surface area contributed by atoms with Crippen LogP contribution in [0, 0.1) is 0 Å². The van der Waals surface area contributed by atoms with Crippen molar-refractivity contribution >= 4 is 17.8 Å². The number of nitrogens with zero attached hydrogens (tertiary/aromatic N) is 1. The summed E-state index contributed by atoms with van der Waals surface area (Å²) in [5.74, 6) is -1.02. The summed E-state index contributed by atoms with van der Waals surface area (Å²) in [7, 11) is 1.33. The smallest absolute Gasteiger partial charge is 0.305 e. The molecule has 0 saturated carbocycles. The molecule has 2 amide bonds. The van der Waals surface area contributed by atoms with Crippen LogP contribution < -0.4 is 0 Å². The zero-order chi connectivity index (χ0) is 16.1. The molecule has 0 aliphatic carbocycles. The largest absolute Gasteiger partial charge is 0.469 e. The van der Waals surface area contributed by atoms with E-state index in [4.69, 9.17) is 0 Å². The van der Waals surface area contributed by atoms with Gasteiger partial charge in [-0.1, -0.05) is 18.6 Å². The van der Waals surface area contributed by atoms with E-state index in [0.29, 0.717) is 36.8 Å². The molecule has 22 heavy (non-hydrogen) atoms. The molecule has 6 nitrogen and oxygen atoms in total. The molecular formula is C16H19NO5. The number of carbonyl (C=O) groups excluding carboxylic acids is 3. The van der Waals surface area contributed by atoms with Gasteiger partial charge < -0.3 is 9.84 Å². The minimum atomic E-state index is -0.792. The Morgan fingerprint density at radius 3 is 2.32 bits per heavy atom. The van der Waals surface area contributed by atoms with E-state index in [9.17, 15) is 19.5 Å². The molecule has 6 heteroatoms. The van der Waals surface area contributed by atoms with Gasteiger partial charge in [-0.25, -0.2) is 0 Å². The van der Waals surface area contributed by atoms with Crippen molar-refractivity contribution in [3.05, 3.63) is 35.4 Å². The normalized spacial score (nSPS) is 14.9. The summed E-state index contributed by atoms with van der Waals surface area (Å²) in [5.41, 5.74) is 0.760. The van der Waals surface area contributed by atoms with Crippen LogP contribution in [0.2, 0.25) is 0 Å². The van der Waals surface area contributed by atoms with Crippen molar-refractivity contribution in [1.82, 2.24) is 4.90 Å². The van der Waals surface area contributed by atoms with Crippen LogP contribution in [0.15, 0.2) is 24.3 Å². The van der Waals surface area contributed by atoms with Gasteiger partial charge in [-0.15, -0.1) is 0 Å². The maximum atomic E-state index is 12.1. The standard InChI is InChI=1S/C16H19NO5/c1-22-14(19)9-5-2-6-11(18)10-17-15(20)12-7-3-4-8-13(12)16(17)21/h3-4,7-8,11,18H,2,5-6,9-10H2,1H3. The molecule has 0 saturated heterocycles. The summed E-state index contributed by atoms with van der Waals surface area (Å²) >= 11 is 0. The van der Waals surface area contributed by atoms with E-state index in [2.05, 4.69) is 4.74 Å². The Kier molecular flexibility index (Phi) is 5.27. The summed E-state index contributed by atoms with van der Waals surface area (Å²) in [6.45, 7) is -0.0232. The third kappa shape index (κ3) is 3.51. The summed E-state index contributed by atoms with van der Waals surface area (Å²) in [6.07, 6.45) is 1.16. The molecule has 1 aliphatic rings. The van der Waals surface area contributed by atoms with E-state index >= 15 is 0 Å². The Balaban J connectivity index is 1.83. The van der Waals surface area contributed by atoms with Gasteiger partial charge in [0.25, 0.3) is 11.8 Å². The molecule has 0 fully saturated rings. The summed E-state index contributed by atoms with van der Waals surface area (Å²) < 4.78 is 4.53. The van der Waals surface area contributed by atoms with Gasteiger partial charge in [0.15, 0.2) is 0 Å². The van der Waals surface area contributed by atoms with Gasteiger partial charge in [-0.05, 0) is 25.0 Å². The summed E-state index contributed by atoms with van der Waals surface area (Å²) in [4.78, 5) is 36.3. The Labute approximate surface area is 128 Å². The molecule has 1 heterocycles. The number of rotatable bonds is 7. The van der Waals surface area contributed by atoms with Gasteiger partial charge in [0.2, 0.25) is 0 Å². The van der Waals surface area contributed by atoms with Crippen molar-refractivity contribution in [2.45, 2.75) is 31.8 Å². The van der Waals surface area contributed by atoms with Crippen LogP contribution in [0.4, 0.5) is 0 Å². The van der Waals surface area contributed by atoms with E-state index in [-0.39, 0.29) is 24.3 Å². The fourth-order valence-electron chi connectivity index (χ4n) is 2.46. The van der Waals surface area contributed by atoms with Crippen molar-refractivity contribution in [3.63, 3.8) is 0 Å². The highest BCUT2D eigenvalue weighted by Crippen LogP contribution is 2.23. The Bertz CT molecular complexity index is 549. The fraction of sp³-hybridized carbons (Fsp3) is 0.438. The van der Waals surface area contributed by atoms with Crippen molar-refractivity contribution < 1.29 is 24.2 Å². The Hall–Kier alpha value is -2.21. The molecule has 1 N–H and O–H groups in total. The minimum Gasteiger partial charge on any atom is -0.469 e. The predicted molar refractivity (Wildman–Crippen MR) is 78.3 cm³/mol. The van der Waals surface area contributed by atoms with Crippen LogP contribution in [-0.4, -0.2) is 47.5 Å². The van der Waals surface area contributed by atoms with E-state index in [1.165, 1.54) is 7.11 Å². The number of β-amino-alcohol motifs (C(OH)–C–C–N with tert-alkyl or cyclic N) is 1. The van der Waals surface area contributed by atoms with Gasteiger partial charge in [-0.2, -0.15) is 0 Å². The van der Waals surface area contributed by atoms with Gasteiger partial charge in [0, 0.05) is 6.42 Å². The number of ether oxygens (including phenoxy) is 1. The molecule has 2 rings (SSSR count). The second-order valence-electron chi connectivity index (χ2n) is 5.24. The maximum absolute atomic E-state index is 12.1. The zero-order valence-corrected chi connectivity index (χ0v) is 12.4. The second-order valence-corrected chi connectivity index (χ2v) is 5.24. The lowest BCUT2D eigenvalue weighted by atomic mass is 10.1. The first-order valence-electron chi connectivity index (χ1n) is 7.24. The SMILES string of the molecule is COC(=O)CCCCC(O)CN1C(=O)c2ccccc2C1=O. The highest BCUT2D eigenvalue weighted by molar-refractivity contribution is 6.21. The molecular weight excluding hydrogens is 286 g/mol. The number of aliphatic hydroxyl groups excluding tert-OH is 1. The monoisotopic (exact) mass is 305 g/mol. The third-order valence-electron chi connectivity index (χ3n) is 3.67. The molecule has 0 bridgehead atoms. The third-order valence-corrected chi connectivity index (χ3v) is 3.67. The van der Waals surface area contributed by atoms with Crippen molar-refractivity contribution in [1.29, 1.82) is 0 Å². The zero-order valence-electron chi connectivity index (χ0n) is 12.4. The lowest BCUT2D eigenvalue weighted by Gasteiger charge is -2.18.